The molecule has 1 aromatic carbocycles. The molecule has 0 aliphatic rings. The van der Waals surface area contributed by atoms with Crippen LogP contribution >= 0.6 is 0 Å². The van der Waals surface area contributed by atoms with Crippen LogP contribution in [0.5, 0.6) is 0 Å². The third-order valence-electron chi connectivity index (χ3n) is 2.00. The number of nitrogens with zero attached hydrogens (tertiary/aromatic N) is 1. The van der Waals surface area contributed by atoms with Gasteiger partial charge in [0.1, 0.15) is 6.04 Å². The van der Waals surface area contributed by atoms with E-state index in [9.17, 15) is 9.59 Å². The second-order valence-corrected chi connectivity index (χ2v) is 3.39. The van der Waals surface area contributed by atoms with Crippen molar-refractivity contribution in [3.63, 3.8) is 0 Å². The largest absolute Gasteiger partial charge is 0.480 e. The van der Waals surface area contributed by atoms with E-state index in [1.807, 2.05) is 24.3 Å². The first kappa shape index (κ1) is 13.8. The Kier molecular flexibility index (Phi) is 4.97. The lowest BCUT2D eigenvalue weighted by Gasteiger charge is -1.96. The molecule has 0 spiro atoms. The van der Waals surface area contributed by atoms with E-state index in [4.69, 9.17) is 15.9 Å². The second-order valence-electron chi connectivity index (χ2n) is 3.39. The van der Waals surface area contributed by atoms with Gasteiger partial charge < -0.3 is 20.9 Å². The topological polar surface area (TPSA) is 129 Å². The fourth-order valence-corrected chi connectivity index (χ4v) is 1.06. The number of aliphatic hydroxyl groups excluding tert-OH is 1. The lowest BCUT2D eigenvalue weighted by Crippen LogP contribution is -2.33. The molecule has 0 bridgehead atoms. The van der Waals surface area contributed by atoms with Gasteiger partial charge in [0.25, 0.3) is 5.56 Å². The molecule has 2 rings (SSSR count). The summed E-state index contributed by atoms with van der Waals surface area (Å²) in [6, 6.07) is 6.29. The van der Waals surface area contributed by atoms with Crippen molar-refractivity contribution in [1.29, 1.82) is 0 Å². The van der Waals surface area contributed by atoms with Crippen molar-refractivity contribution in [1.82, 2.24) is 9.97 Å². The number of nitrogens with two attached hydrogens (primary N) is 1. The normalized spacial score (nSPS) is 11.4. The molecule has 1 aromatic heterocycles. The maximum Gasteiger partial charge on any atom is 0.322 e. The fraction of sp³-hybridized carbons (Fsp3) is 0.182. The van der Waals surface area contributed by atoms with Crippen molar-refractivity contribution in [3.05, 3.63) is 40.8 Å². The molecular weight excluding hydrogens is 238 g/mol. The van der Waals surface area contributed by atoms with Crippen LogP contribution in [0.1, 0.15) is 0 Å². The summed E-state index contributed by atoms with van der Waals surface area (Å²) in [5.74, 6) is -1.18. The quantitative estimate of drug-likeness (QED) is 0.559. The third-order valence-corrected chi connectivity index (χ3v) is 2.00. The molecule has 0 saturated heterocycles. The zero-order valence-electron chi connectivity index (χ0n) is 9.41. The number of fused-ring (bicyclic) bond motifs is 1. The highest BCUT2D eigenvalue weighted by Gasteiger charge is 2.07. The van der Waals surface area contributed by atoms with Crippen LogP contribution in [-0.4, -0.2) is 38.8 Å². The Morgan fingerprint density at radius 2 is 2.11 bits per heavy atom. The third kappa shape index (κ3) is 3.96. The van der Waals surface area contributed by atoms with E-state index in [0.717, 1.165) is 11.0 Å². The summed E-state index contributed by atoms with van der Waals surface area (Å²) < 4.78 is 0. The molecule has 0 unspecified atom stereocenters. The minimum Gasteiger partial charge on any atom is -0.480 e. The smallest absolute Gasteiger partial charge is 0.322 e. The van der Waals surface area contributed by atoms with Crippen LogP contribution in [-0.2, 0) is 4.79 Å². The molecule has 1 heterocycles. The molecular formula is C11H13N3O4. The summed E-state index contributed by atoms with van der Waals surface area (Å²) in [7, 11) is 0. The minimum atomic E-state index is -1.18. The summed E-state index contributed by atoms with van der Waals surface area (Å²) in [6.07, 6.45) is 1.28. The SMILES string of the molecule is N[C@@H](CO)C(=O)O.O=c1cnc2ccccc2[nH]1. The first-order chi connectivity index (χ1) is 8.54. The van der Waals surface area contributed by atoms with E-state index in [1.165, 1.54) is 6.20 Å². The minimum absolute atomic E-state index is 0.163. The van der Waals surface area contributed by atoms with Crippen molar-refractivity contribution < 1.29 is 15.0 Å². The number of carboxylic acids is 1. The molecule has 96 valence electrons. The first-order valence-electron chi connectivity index (χ1n) is 5.08. The molecule has 0 aliphatic carbocycles. The zero-order valence-corrected chi connectivity index (χ0v) is 9.41. The van der Waals surface area contributed by atoms with Crippen LogP contribution in [0.15, 0.2) is 35.3 Å². The van der Waals surface area contributed by atoms with Gasteiger partial charge in [-0.3, -0.25) is 9.59 Å². The molecule has 0 radical (unpaired) electrons. The molecule has 0 saturated carbocycles. The number of benzene rings is 1. The molecule has 7 heteroatoms. The number of nitrogens with one attached hydrogen (secondary N) is 1. The average Bonchev–Trinajstić information content (AvgIpc) is 2.38. The van der Waals surface area contributed by atoms with Crippen molar-refractivity contribution >= 4 is 17.0 Å². The highest BCUT2D eigenvalue weighted by molar-refractivity contribution is 5.73. The van der Waals surface area contributed by atoms with Gasteiger partial charge in [0.2, 0.25) is 0 Å². The van der Waals surface area contributed by atoms with Crippen molar-refractivity contribution in [2.75, 3.05) is 6.61 Å². The fourth-order valence-electron chi connectivity index (χ4n) is 1.06. The standard InChI is InChI=1S/C8H6N2O.C3H7NO3/c11-8-5-9-6-3-1-2-4-7(6)10-8;4-2(1-5)3(6)7/h1-5H,(H,10,11);2,5H,1,4H2,(H,6,7)/t;2-/m.0/s1. The monoisotopic (exact) mass is 251 g/mol. The van der Waals surface area contributed by atoms with Gasteiger partial charge in [0.15, 0.2) is 0 Å². The lowest BCUT2D eigenvalue weighted by atomic mass is 10.3. The molecule has 0 aliphatic heterocycles. The molecule has 1 atom stereocenters. The number of aromatic nitrogens is 2. The van der Waals surface area contributed by atoms with Gasteiger partial charge in [-0.2, -0.15) is 0 Å². The summed E-state index contributed by atoms with van der Waals surface area (Å²) in [4.78, 5) is 27.0. The number of carboxylic acid groups (broad SMARTS) is 1. The van der Waals surface area contributed by atoms with Gasteiger partial charge in [-0.15, -0.1) is 0 Å². The molecule has 18 heavy (non-hydrogen) atoms. The summed E-state index contributed by atoms with van der Waals surface area (Å²) in [5, 5.41) is 15.9. The van der Waals surface area contributed by atoms with Crippen LogP contribution in [0.4, 0.5) is 0 Å². The summed E-state index contributed by atoms with van der Waals surface area (Å²) >= 11 is 0. The van der Waals surface area contributed by atoms with Gasteiger partial charge in [0.05, 0.1) is 23.8 Å². The number of rotatable bonds is 2. The average molecular weight is 251 g/mol. The Morgan fingerprint density at radius 1 is 1.44 bits per heavy atom. The number of hydrogen-bond acceptors (Lipinski definition) is 5. The van der Waals surface area contributed by atoms with Crippen LogP contribution < -0.4 is 11.3 Å². The van der Waals surface area contributed by atoms with Crippen molar-refractivity contribution in [2.24, 2.45) is 5.73 Å². The molecule has 0 fully saturated rings. The number of aromatic amines is 1. The predicted molar refractivity (Wildman–Crippen MR) is 65.1 cm³/mol. The molecule has 5 N–H and O–H groups in total. The van der Waals surface area contributed by atoms with Gasteiger partial charge in [-0.05, 0) is 12.1 Å². The van der Waals surface area contributed by atoms with Gasteiger partial charge in [0, 0.05) is 0 Å². The Labute approximate surface area is 102 Å². The Hall–Kier alpha value is -2.25. The number of aliphatic carboxylic acids is 1. The van der Waals surface area contributed by atoms with E-state index < -0.39 is 18.6 Å². The van der Waals surface area contributed by atoms with Crippen LogP contribution in [0.3, 0.4) is 0 Å². The van der Waals surface area contributed by atoms with Crippen molar-refractivity contribution in [3.8, 4) is 0 Å². The molecule has 0 amide bonds. The maximum atomic E-state index is 10.8. The summed E-state index contributed by atoms with van der Waals surface area (Å²) in [5.41, 5.74) is 6.19. The van der Waals surface area contributed by atoms with Crippen LogP contribution in [0.25, 0.3) is 11.0 Å². The van der Waals surface area contributed by atoms with Crippen LogP contribution in [0, 0.1) is 0 Å². The zero-order chi connectivity index (χ0) is 13.5. The number of aliphatic hydroxyl groups is 1. The predicted octanol–water partition coefficient (Wildman–Crippen LogP) is -0.686. The van der Waals surface area contributed by atoms with Gasteiger partial charge in [-0.25, -0.2) is 4.98 Å². The number of carbonyl (C=O) groups is 1. The first-order valence-corrected chi connectivity index (χ1v) is 5.08. The maximum absolute atomic E-state index is 10.8. The van der Waals surface area contributed by atoms with E-state index in [0.29, 0.717) is 0 Å². The highest BCUT2D eigenvalue weighted by Crippen LogP contribution is 2.02. The number of H-pyrrole nitrogens is 1. The van der Waals surface area contributed by atoms with Crippen molar-refractivity contribution in [2.45, 2.75) is 6.04 Å². The Balaban J connectivity index is 0.000000203. The van der Waals surface area contributed by atoms with Gasteiger partial charge >= 0.3 is 5.97 Å². The second kappa shape index (κ2) is 6.48. The molecule has 7 nitrogen and oxygen atoms in total. The number of para-hydroxylation sites is 2. The van der Waals surface area contributed by atoms with Gasteiger partial charge in [-0.1, -0.05) is 12.1 Å². The number of hydrogen-bond donors (Lipinski definition) is 4. The van der Waals surface area contributed by atoms with E-state index in [-0.39, 0.29) is 5.56 Å². The van der Waals surface area contributed by atoms with E-state index in [2.05, 4.69) is 9.97 Å². The highest BCUT2D eigenvalue weighted by atomic mass is 16.4. The van der Waals surface area contributed by atoms with E-state index in [1.54, 1.807) is 0 Å². The Morgan fingerprint density at radius 3 is 2.67 bits per heavy atom. The van der Waals surface area contributed by atoms with Crippen LogP contribution in [0.2, 0.25) is 0 Å². The van der Waals surface area contributed by atoms with E-state index >= 15 is 0 Å². The summed E-state index contributed by atoms with van der Waals surface area (Å²) in [6.45, 7) is -0.505. The molecule has 2 aromatic rings. The Bertz CT molecular complexity index is 582. The lowest BCUT2D eigenvalue weighted by molar-refractivity contribution is -0.139.